The highest BCUT2D eigenvalue weighted by Gasteiger charge is 2.26. The molecule has 1 heterocycles. The monoisotopic (exact) mass is 534 g/mol. The fourth-order valence-electron chi connectivity index (χ4n) is 5.95. The topological polar surface area (TPSA) is 86.7 Å². The molecular formula is C31H38N2O4S. The van der Waals surface area contributed by atoms with Crippen LogP contribution in [0.3, 0.4) is 0 Å². The predicted molar refractivity (Wildman–Crippen MR) is 151 cm³/mol. The summed E-state index contributed by atoms with van der Waals surface area (Å²) in [5, 5.41) is 14.9. The molecule has 0 bridgehead atoms. The maximum atomic E-state index is 13.1. The minimum Gasteiger partial charge on any atom is -0.396 e. The number of hydrogen-bond acceptors (Lipinski definition) is 5. The van der Waals surface area contributed by atoms with E-state index in [1.54, 1.807) is 18.2 Å². The smallest absolute Gasteiger partial charge is 0.220 e. The van der Waals surface area contributed by atoms with Gasteiger partial charge in [-0.05, 0) is 84.8 Å². The molecular weight excluding hydrogens is 496 g/mol. The fraction of sp³-hybridized carbons (Fsp3) is 0.452. The zero-order valence-corrected chi connectivity index (χ0v) is 22.8. The van der Waals surface area contributed by atoms with Crippen molar-refractivity contribution in [2.24, 2.45) is 5.92 Å². The second-order valence-electron chi connectivity index (χ2n) is 10.9. The van der Waals surface area contributed by atoms with Gasteiger partial charge in [-0.15, -0.1) is 0 Å². The Morgan fingerprint density at radius 3 is 2.55 bits per heavy atom. The standard InChI is InChI=1S/C31H38N2O4S/c34-21-24(22-38(36,37)28-13-12-25-7-2-3-8-26(25)19-28)18-31(35)32-30-10-6-9-27-17-23(11-14-29(27)30)20-33-15-4-1-5-16-33/h2-3,7-8,11-14,17,19,24,30,34H,1,4-6,9-10,15-16,18,20-22H2,(H,32,35)/t24-,30+/m0/s1. The average molecular weight is 535 g/mol. The fourth-order valence-corrected chi connectivity index (χ4v) is 7.57. The zero-order chi connectivity index (χ0) is 26.5. The first-order valence-corrected chi connectivity index (χ1v) is 15.5. The van der Waals surface area contributed by atoms with E-state index < -0.39 is 15.8 Å². The molecule has 0 unspecified atom stereocenters. The summed E-state index contributed by atoms with van der Waals surface area (Å²) < 4.78 is 26.2. The number of nitrogens with zero attached hydrogens (tertiary/aromatic N) is 1. The summed E-state index contributed by atoms with van der Waals surface area (Å²) in [7, 11) is -3.65. The van der Waals surface area contributed by atoms with Crippen molar-refractivity contribution in [2.45, 2.75) is 62.4 Å². The van der Waals surface area contributed by atoms with Crippen LogP contribution in [-0.2, 0) is 27.6 Å². The number of aliphatic hydroxyl groups excluding tert-OH is 1. The molecule has 1 aliphatic carbocycles. The Bertz CT molecular complexity index is 1380. The Balaban J connectivity index is 1.21. The molecule has 2 N–H and O–H groups in total. The highest BCUT2D eigenvalue weighted by molar-refractivity contribution is 7.91. The second kappa shape index (κ2) is 12.0. The molecule has 202 valence electrons. The van der Waals surface area contributed by atoms with E-state index in [1.165, 1.54) is 43.5 Å². The van der Waals surface area contributed by atoms with E-state index in [1.807, 2.05) is 24.3 Å². The summed E-state index contributed by atoms with van der Waals surface area (Å²) >= 11 is 0. The number of sulfone groups is 1. The van der Waals surface area contributed by atoms with Gasteiger partial charge in [-0.25, -0.2) is 8.42 Å². The largest absolute Gasteiger partial charge is 0.396 e. The van der Waals surface area contributed by atoms with Gasteiger partial charge < -0.3 is 10.4 Å². The third-order valence-electron chi connectivity index (χ3n) is 7.98. The number of likely N-dealkylation sites (tertiary alicyclic amines) is 1. The predicted octanol–water partition coefficient (Wildman–Crippen LogP) is 4.79. The van der Waals surface area contributed by atoms with Gasteiger partial charge in [0.05, 0.1) is 16.7 Å². The number of carbonyl (C=O) groups is 1. The van der Waals surface area contributed by atoms with E-state index in [-0.39, 0.29) is 35.6 Å². The molecule has 1 saturated heterocycles. The van der Waals surface area contributed by atoms with E-state index in [2.05, 4.69) is 28.4 Å². The number of piperidine rings is 1. The number of hydrogen-bond donors (Lipinski definition) is 2. The molecule has 0 aromatic heterocycles. The summed E-state index contributed by atoms with van der Waals surface area (Å²) in [6.07, 6.45) is 6.73. The van der Waals surface area contributed by atoms with Gasteiger partial charge in [0.25, 0.3) is 0 Å². The number of amides is 1. The normalized spacial score (nSPS) is 19.1. The summed E-state index contributed by atoms with van der Waals surface area (Å²) in [4.78, 5) is 15.7. The van der Waals surface area contributed by atoms with Crippen LogP contribution < -0.4 is 5.32 Å². The molecule has 3 aromatic rings. The van der Waals surface area contributed by atoms with Crippen molar-refractivity contribution in [1.29, 1.82) is 0 Å². The minimum atomic E-state index is -3.65. The number of benzene rings is 3. The molecule has 5 rings (SSSR count). The van der Waals surface area contributed by atoms with Gasteiger partial charge in [-0.2, -0.15) is 0 Å². The Labute approximate surface area is 226 Å². The van der Waals surface area contributed by atoms with Crippen molar-refractivity contribution in [3.05, 3.63) is 77.4 Å². The summed E-state index contributed by atoms with van der Waals surface area (Å²) in [6.45, 7) is 2.95. The zero-order valence-electron chi connectivity index (χ0n) is 21.9. The van der Waals surface area contributed by atoms with Crippen LogP contribution in [0, 0.1) is 5.92 Å². The molecule has 1 fully saturated rings. The molecule has 6 nitrogen and oxygen atoms in total. The number of carbonyl (C=O) groups excluding carboxylic acids is 1. The molecule has 2 atom stereocenters. The van der Waals surface area contributed by atoms with Crippen LogP contribution in [-0.4, -0.2) is 49.8 Å². The summed E-state index contributed by atoms with van der Waals surface area (Å²) in [5.41, 5.74) is 3.79. The number of fused-ring (bicyclic) bond motifs is 2. The lowest BCUT2D eigenvalue weighted by Crippen LogP contribution is -2.34. The number of nitrogens with one attached hydrogen (secondary N) is 1. The number of rotatable bonds is 9. The first-order valence-electron chi connectivity index (χ1n) is 13.9. The highest BCUT2D eigenvalue weighted by Crippen LogP contribution is 2.31. The van der Waals surface area contributed by atoms with E-state index in [0.29, 0.717) is 0 Å². The second-order valence-corrected chi connectivity index (χ2v) is 13.0. The Hall–Kier alpha value is -2.74. The molecule has 3 aromatic carbocycles. The van der Waals surface area contributed by atoms with Gasteiger partial charge in [0.1, 0.15) is 0 Å². The van der Waals surface area contributed by atoms with Gasteiger partial charge in [0.15, 0.2) is 9.84 Å². The van der Waals surface area contributed by atoms with Crippen LogP contribution in [0.2, 0.25) is 0 Å². The van der Waals surface area contributed by atoms with Crippen molar-refractivity contribution in [3.8, 4) is 0 Å². The third kappa shape index (κ3) is 6.45. The Morgan fingerprint density at radius 1 is 0.974 bits per heavy atom. The van der Waals surface area contributed by atoms with Crippen molar-refractivity contribution < 1.29 is 18.3 Å². The molecule has 7 heteroatoms. The van der Waals surface area contributed by atoms with E-state index in [9.17, 15) is 18.3 Å². The minimum absolute atomic E-state index is 0.0256. The van der Waals surface area contributed by atoms with Crippen LogP contribution >= 0.6 is 0 Å². The lowest BCUT2D eigenvalue weighted by Gasteiger charge is -2.29. The van der Waals surface area contributed by atoms with E-state index in [0.717, 1.165) is 42.1 Å². The third-order valence-corrected chi connectivity index (χ3v) is 9.86. The van der Waals surface area contributed by atoms with Crippen LogP contribution in [0.5, 0.6) is 0 Å². The summed E-state index contributed by atoms with van der Waals surface area (Å²) in [6, 6.07) is 19.2. The molecule has 0 saturated carbocycles. The average Bonchev–Trinajstić information content (AvgIpc) is 2.93. The van der Waals surface area contributed by atoms with Crippen molar-refractivity contribution in [1.82, 2.24) is 10.2 Å². The van der Waals surface area contributed by atoms with Gasteiger partial charge in [-0.1, -0.05) is 55.0 Å². The molecule has 1 amide bonds. The summed E-state index contributed by atoms with van der Waals surface area (Å²) in [5.74, 6) is -1.15. The first kappa shape index (κ1) is 26.9. The first-order chi connectivity index (χ1) is 18.4. The molecule has 2 aliphatic rings. The number of aliphatic hydroxyl groups is 1. The van der Waals surface area contributed by atoms with Gasteiger partial charge in [0.2, 0.25) is 5.91 Å². The molecule has 0 spiro atoms. The van der Waals surface area contributed by atoms with Crippen molar-refractivity contribution >= 4 is 26.5 Å². The lowest BCUT2D eigenvalue weighted by molar-refractivity contribution is -0.123. The van der Waals surface area contributed by atoms with Gasteiger partial charge >= 0.3 is 0 Å². The molecule has 1 aliphatic heterocycles. The lowest BCUT2D eigenvalue weighted by atomic mass is 9.86. The number of aryl methyl sites for hydroxylation is 1. The van der Waals surface area contributed by atoms with Crippen molar-refractivity contribution in [2.75, 3.05) is 25.4 Å². The SMILES string of the molecule is O=C(C[C@@H](CO)CS(=O)(=O)c1ccc2ccccc2c1)N[C@@H]1CCCc2cc(CN3CCCCC3)ccc21. The molecule has 0 radical (unpaired) electrons. The van der Waals surface area contributed by atoms with E-state index in [4.69, 9.17) is 0 Å². The van der Waals surface area contributed by atoms with Crippen LogP contribution in [0.1, 0.15) is 61.3 Å². The van der Waals surface area contributed by atoms with E-state index >= 15 is 0 Å². The Morgan fingerprint density at radius 2 is 1.76 bits per heavy atom. The maximum absolute atomic E-state index is 13.1. The van der Waals surface area contributed by atoms with Crippen LogP contribution in [0.25, 0.3) is 10.8 Å². The maximum Gasteiger partial charge on any atom is 0.220 e. The van der Waals surface area contributed by atoms with Crippen LogP contribution in [0.15, 0.2) is 65.6 Å². The van der Waals surface area contributed by atoms with Crippen molar-refractivity contribution in [3.63, 3.8) is 0 Å². The Kier molecular flexibility index (Phi) is 8.46. The van der Waals surface area contributed by atoms with Crippen LogP contribution in [0.4, 0.5) is 0 Å². The van der Waals surface area contributed by atoms with Gasteiger partial charge in [-0.3, -0.25) is 9.69 Å². The molecule has 38 heavy (non-hydrogen) atoms. The van der Waals surface area contributed by atoms with Gasteiger partial charge in [0, 0.05) is 25.5 Å². The highest BCUT2D eigenvalue weighted by atomic mass is 32.2. The quantitative estimate of drug-likeness (QED) is 0.412.